The van der Waals surface area contributed by atoms with E-state index in [2.05, 4.69) is 27.0 Å². The number of halogens is 6. The topological polar surface area (TPSA) is 108 Å². The molecule has 1 aliphatic rings. The Labute approximate surface area is 427 Å². The molecule has 1 aliphatic carbocycles. The van der Waals surface area contributed by atoms with Crippen LogP contribution >= 0.6 is 0 Å². The van der Waals surface area contributed by atoms with Crippen LogP contribution in [0.4, 0.5) is 26.3 Å². The molecule has 0 aliphatic heterocycles. The molecule has 16 heteroatoms. The van der Waals surface area contributed by atoms with Crippen molar-refractivity contribution in [2.45, 2.75) is 144 Å². The number of carbonyl (C=O) groups is 1. The number of hydrogen-bond donors (Lipinski definition) is 5. The standard InChI is InChI=1S/C49H63B2F6N4O4.C3H6.2C2H6/c1-35(62)59-26-14-6-4-8-16-28-61(32-37-30-39(49(55,56)57)22-24-47(37)51(64)65)34-45-42-19-11-9-17-40(42)44(41-18-10-12-20-43(41)45)33-60(27-15-7-3-5-13-25-58-2)31-36-29-38(48(52,53)54)21-23-46(36)50-63;1-3-2;2*1-2/h9-12,17-20,22-24,29-30,38,58,63-65H,3-8,13-16,21,25-28,31-34H2,1-2H3,(H,59,62);3H,1H2,2H3;2*1-2H3. The molecule has 0 aromatic heterocycles. The third-order valence-corrected chi connectivity index (χ3v) is 12.3. The molecule has 1 radical (unpaired) electrons. The zero-order valence-electron chi connectivity index (χ0n) is 43.9. The van der Waals surface area contributed by atoms with Gasteiger partial charge in [0, 0.05) is 39.6 Å². The maximum Gasteiger partial charge on any atom is 0.488 e. The maximum atomic E-state index is 14.0. The van der Waals surface area contributed by atoms with Crippen molar-refractivity contribution in [3.63, 3.8) is 0 Å². The molecule has 0 spiro atoms. The Morgan fingerprint density at radius 3 is 1.62 bits per heavy atom. The Kier molecular flexibility index (Phi) is 30.2. The van der Waals surface area contributed by atoms with Crippen molar-refractivity contribution < 1.29 is 46.2 Å². The SMILES string of the molecule is C=CC.CC.CC.CNCCCCCCCN(CC1=CC(C(F)(F)F)CC=C1[B]O)Cc1c2ccccc2c(CN(CCCCCCCNC(C)=O)Cc2cc(C(F)(F)F)ccc2B(O)O)c2ccccc12. The second-order valence-electron chi connectivity index (χ2n) is 17.6. The summed E-state index contributed by atoms with van der Waals surface area (Å²) in [6.45, 7) is 18.3. The first-order chi connectivity index (χ1) is 34.5. The Morgan fingerprint density at radius 2 is 1.19 bits per heavy atom. The van der Waals surface area contributed by atoms with Crippen LogP contribution in [-0.4, -0.2) is 91.3 Å². The van der Waals surface area contributed by atoms with Crippen LogP contribution in [0.5, 0.6) is 0 Å². The number of unbranched alkanes of at least 4 members (excludes halogenated alkanes) is 8. The van der Waals surface area contributed by atoms with Crippen LogP contribution in [0.25, 0.3) is 21.5 Å². The van der Waals surface area contributed by atoms with E-state index in [1.807, 2.05) is 90.2 Å². The van der Waals surface area contributed by atoms with Crippen molar-refractivity contribution in [2.24, 2.45) is 5.92 Å². The first kappa shape index (κ1) is 63.7. The van der Waals surface area contributed by atoms with Gasteiger partial charge in [-0.15, -0.1) is 6.58 Å². The number of nitrogens with zero attached hydrogens (tertiary/aromatic N) is 2. The molecule has 1 amide bonds. The Bertz CT molecular complexity index is 2210. The normalized spacial score (nSPS) is 13.6. The van der Waals surface area contributed by atoms with Gasteiger partial charge in [-0.1, -0.05) is 151 Å². The number of benzene rings is 4. The summed E-state index contributed by atoms with van der Waals surface area (Å²) >= 11 is 0. The molecular weight excluding hydrogens is 928 g/mol. The third-order valence-electron chi connectivity index (χ3n) is 12.3. The Balaban J connectivity index is 0.00000241. The number of nitrogens with one attached hydrogen (secondary N) is 2. The van der Waals surface area contributed by atoms with E-state index in [-0.39, 0.29) is 36.4 Å². The fraction of sp³-hybridized carbons (Fsp3) is 0.518. The van der Waals surface area contributed by atoms with E-state index in [0.29, 0.717) is 43.8 Å². The molecule has 0 bridgehead atoms. The quantitative estimate of drug-likeness (QED) is 0.0140. The molecule has 5 rings (SSSR count). The summed E-state index contributed by atoms with van der Waals surface area (Å²) in [5.41, 5.74) is 2.02. The second-order valence-corrected chi connectivity index (χ2v) is 17.6. The number of fused-ring (bicyclic) bond motifs is 2. The van der Waals surface area contributed by atoms with Crippen LogP contribution in [0.2, 0.25) is 0 Å². The van der Waals surface area contributed by atoms with Gasteiger partial charge in [-0.25, -0.2) is 0 Å². The number of amides is 1. The van der Waals surface area contributed by atoms with E-state index in [1.165, 1.54) is 19.1 Å². The van der Waals surface area contributed by atoms with Crippen LogP contribution in [0.15, 0.2) is 103 Å². The Hall–Kier alpha value is -4.44. The monoisotopic (exact) mass is 1010 g/mol. The number of hydrogen-bond acceptors (Lipinski definition) is 7. The fourth-order valence-electron chi connectivity index (χ4n) is 8.90. The van der Waals surface area contributed by atoms with Crippen molar-refractivity contribution in [3.05, 3.63) is 125 Å². The highest BCUT2D eigenvalue weighted by Crippen LogP contribution is 2.38. The molecule has 0 saturated heterocycles. The predicted molar refractivity (Wildman–Crippen MR) is 288 cm³/mol. The van der Waals surface area contributed by atoms with Gasteiger partial charge in [0.15, 0.2) is 0 Å². The molecule has 8 nitrogen and oxygen atoms in total. The number of alkyl halides is 6. The zero-order chi connectivity index (χ0) is 53.7. The van der Waals surface area contributed by atoms with E-state index in [0.717, 1.165) is 129 Å². The van der Waals surface area contributed by atoms with Crippen LogP contribution in [0.1, 0.15) is 134 Å². The minimum atomic E-state index is -4.64. The fourth-order valence-corrected chi connectivity index (χ4v) is 8.90. The number of rotatable bonds is 26. The van der Waals surface area contributed by atoms with E-state index >= 15 is 0 Å². The van der Waals surface area contributed by atoms with Crippen molar-refractivity contribution in [1.29, 1.82) is 0 Å². The molecule has 0 heterocycles. The lowest BCUT2D eigenvalue weighted by Gasteiger charge is -2.30. The molecular formula is C56H81B2F6N4O4. The molecule has 1 unspecified atom stereocenters. The van der Waals surface area contributed by atoms with E-state index in [9.17, 15) is 46.2 Å². The average molecular weight is 1010 g/mol. The summed E-state index contributed by atoms with van der Waals surface area (Å²) in [4.78, 5) is 15.5. The summed E-state index contributed by atoms with van der Waals surface area (Å²) in [7, 11) is 0.833. The molecule has 0 saturated carbocycles. The number of allylic oxidation sites excluding steroid dienone is 3. The summed E-state index contributed by atoms with van der Waals surface area (Å²) in [5, 5.41) is 40.4. The second kappa shape index (κ2) is 34.1. The minimum Gasteiger partial charge on any atom is -0.450 e. The lowest BCUT2D eigenvalue weighted by atomic mass is 9.75. The van der Waals surface area contributed by atoms with Gasteiger partial charge in [0.2, 0.25) is 5.91 Å². The number of carbonyl (C=O) groups excluding carboxylic acids is 1. The molecule has 4 aromatic rings. The first-order valence-corrected chi connectivity index (χ1v) is 25.9. The maximum absolute atomic E-state index is 14.0. The highest BCUT2D eigenvalue weighted by molar-refractivity contribution is 6.59. The minimum absolute atomic E-state index is 0.00414. The van der Waals surface area contributed by atoms with Gasteiger partial charge in [-0.05, 0) is 121 Å². The molecule has 72 heavy (non-hydrogen) atoms. The predicted octanol–water partition coefficient (Wildman–Crippen LogP) is 12.0. The third kappa shape index (κ3) is 21.2. The lowest BCUT2D eigenvalue weighted by Crippen LogP contribution is -2.36. The van der Waals surface area contributed by atoms with E-state index in [4.69, 9.17) is 0 Å². The molecule has 0 fully saturated rings. The highest BCUT2D eigenvalue weighted by atomic mass is 19.4. The van der Waals surface area contributed by atoms with Crippen LogP contribution in [0.3, 0.4) is 0 Å². The van der Waals surface area contributed by atoms with Gasteiger partial charge in [0.25, 0.3) is 0 Å². The Morgan fingerprint density at radius 1 is 0.736 bits per heavy atom. The van der Waals surface area contributed by atoms with Gasteiger partial charge in [-0.2, -0.15) is 26.3 Å². The van der Waals surface area contributed by atoms with Crippen molar-refractivity contribution in [2.75, 3.05) is 39.8 Å². The summed E-state index contributed by atoms with van der Waals surface area (Å²) in [6, 6.07) is 18.8. The van der Waals surface area contributed by atoms with Crippen molar-refractivity contribution in [3.8, 4) is 0 Å². The summed E-state index contributed by atoms with van der Waals surface area (Å²) < 4.78 is 84.2. The largest absolute Gasteiger partial charge is 0.488 e. The smallest absolute Gasteiger partial charge is 0.450 e. The van der Waals surface area contributed by atoms with Crippen LogP contribution < -0.4 is 16.1 Å². The van der Waals surface area contributed by atoms with Crippen LogP contribution in [-0.2, 0) is 30.6 Å². The average Bonchev–Trinajstić information content (AvgIpc) is 3.35. The summed E-state index contributed by atoms with van der Waals surface area (Å²) in [6.07, 6.45) is 4.26. The highest BCUT2D eigenvalue weighted by Gasteiger charge is 2.39. The van der Waals surface area contributed by atoms with Crippen molar-refractivity contribution in [1.82, 2.24) is 20.4 Å². The van der Waals surface area contributed by atoms with Crippen LogP contribution in [0, 0.1) is 5.92 Å². The first-order valence-electron chi connectivity index (χ1n) is 25.9. The molecule has 5 N–H and O–H groups in total. The van der Waals surface area contributed by atoms with E-state index in [1.54, 1.807) is 6.08 Å². The van der Waals surface area contributed by atoms with Gasteiger partial charge in [0.1, 0.15) is 0 Å². The zero-order valence-corrected chi connectivity index (χ0v) is 43.9. The van der Waals surface area contributed by atoms with Gasteiger partial charge >= 0.3 is 27.0 Å². The lowest BCUT2D eigenvalue weighted by molar-refractivity contribution is -0.160. The molecule has 4 aromatic carbocycles. The van der Waals surface area contributed by atoms with Gasteiger partial charge in [0.05, 0.1) is 11.5 Å². The van der Waals surface area contributed by atoms with Gasteiger partial charge < -0.3 is 25.7 Å². The molecule has 1 atom stereocenters. The van der Waals surface area contributed by atoms with E-state index < -0.39 is 31.0 Å². The van der Waals surface area contributed by atoms with Crippen molar-refractivity contribution >= 4 is 47.5 Å². The molecule has 397 valence electrons. The summed E-state index contributed by atoms with van der Waals surface area (Å²) in [5.74, 6) is -1.73. The van der Waals surface area contributed by atoms with Gasteiger partial charge in [-0.3, -0.25) is 14.6 Å².